The van der Waals surface area contributed by atoms with E-state index in [4.69, 9.17) is 9.63 Å². The lowest BCUT2D eigenvalue weighted by molar-refractivity contribution is 0.0950. The number of carbonyl (C=O) groups is 2. The number of piperidine rings is 1. The molecule has 8 nitrogen and oxygen atoms in total. The third-order valence-electron chi connectivity index (χ3n) is 6.25. The number of benzene rings is 2. The number of carboxylic acid groups (broad SMARTS) is 1. The van der Waals surface area contributed by atoms with Crippen LogP contribution in [0.1, 0.15) is 46.4 Å². The number of hydrogen-bond donors (Lipinski definition) is 3. The Balaban J connectivity index is 0.00000108. The van der Waals surface area contributed by atoms with Gasteiger partial charge in [0.25, 0.3) is 5.91 Å². The maximum atomic E-state index is 13.0. The molecule has 0 saturated carbocycles. The van der Waals surface area contributed by atoms with Gasteiger partial charge in [-0.2, -0.15) is 0 Å². The summed E-state index contributed by atoms with van der Waals surface area (Å²) in [6.45, 7) is 3.30. The van der Waals surface area contributed by atoms with Crippen molar-refractivity contribution < 1.29 is 23.6 Å². The molecule has 35 heavy (non-hydrogen) atoms. The van der Waals surface area contributed by atoms with Gasteiger partial charge < -0.3 is 25.2 Å². The molecule has 0 atom stereocenters. The average Bonchev–Trinajstić information content (AvgIpc) is 3.27. The van der Waals surface area contributed by atoms with Crippen molar-refractivity contribution >= 4 is 23.0 Å². The minimum atomic E-state index is -0.848. The smallest absolute Gasteiger partial charge is 0.407 e. The van der Waals surface area contributed by atoms with Gasteiger partial charge in [0.15, 0.2) is 5.58 Å². The highest BCUT2D eigenvalue weighted by Gasteiger charge is 2.23. The van der Waals surface area contributed by atoms with E-state index >= 15 is 0 Å². The maximum Gasteiger partial charge on any atom is 0.407 e. The van der Waals surface area contributed by atoms with Crippen LogP contribution >= 0.6 is 0 Å². The zero-order chi connectivity index (χ0) is 25.4. The van der Waals surface area contributed by atoms with Crippen LogP contribution in [-0.2, 0) is 13.0 Å². The molecule has 0 radical (unpaired) electrons. The van der Waals surface area contributed by atoms with Crippen LogP contribution in [0.3, 0.4) is 0 Å². The van der Waals surface area contributed by atoms with Crippen LogP contribution in [0.5, 0.6) is 0 Å². The molecule has 4 rings (SSSR count). The fourth-order valence-corrected chi connectivity index (χ4v) is 4.25. The Morgan fingerprint density at radius 3 is 2.43 bits per heavy atom. The van der Waals surface area contributed by atoms with Crippen LogP contribution in [0, 0.1) is 18.7 Å². The molecule has 2 heterocycles. The topological polar surface area (TPSA) is 108 Å². The summed E-state index contributed by atoms with van der Waals surface area (Å²) in [6, 6.07) is 9.66. The number of carbonyl (C=O) groups excluding carboxylic acids is 1. The van der Waals surface area contributed by atoms with Crippen molar-refractivity contribution in [2.75, 3.05) is 27.2 Å². The zero-order valence-electron chi connectivity index (χ0n) is 20.4. The van der Waals surface area contributed by atoms with Gasteiger partial charge in [0.05, 0.1) is 5.69 Å². The first-order valence-corrected chi connectivity index (χ1v) is 11.8. The molecule has 3 N–H and O–H groups in total. The molecule has 1 aliphatic rings. The van der Waals surface area contributed by atoms with Gasteiger partial charge in [0.2, 0.25) is 0 Å². The van der Waals surface area contributed by atoms with Gasteiger partial charge in [-0.05, 0) is 82.4 Å². The van der Waals surface area contributed by atoms with Crippen molar-refractivity contribution in [2.45, 2.75) is 39.2 Å². The molecule has 1 aromatic heterocycles. The van der Waals surface area contributed by atoms with Crippen LogP contribution in [0.2, 0.25) is 0 Å². The second-order valence-corrected chi connectivity index (χ2v) is 8.80. The highest BCUT2D eigenvalue weighted by molar-refractivity contribution is 6.00. The number of aryl methyl sites for hydroxylation is 2. The Labute approximate surface area is 204 Å². The number of halogens is 1. The first-order chi connectivity index (χ1) is 16.8. The van der Waals surface area contributed by atoms with E-state index in [1.165, 1.54) is 17.0 Å². The molecule has 2 aromatic carbocycles. The number of aromatic nitrogens is 1. The van der Waals surface area contributed by atoms with Gasteiger partial charge in [0, 0.05) is 36.1 Å². The van der Waals surface area contributed by atoms with Gasteiger partial charge in [-0.15, -0.1) is 0 Å². The number of fused-ring (bicyclic) bond motifs is 1. The van der Waals surface area contributed by atoms with Crippen molar-refractivity contribution in [1.29, 1.82) is 0 Å². The predicted molar refractivity (Wildman–Crippen MR) is 132 cm³/mol. The standard InChI is InChI=1S/C24H26FN3O4.C2H7N/c1-15-19(23(29)26-14-17-2-5-18(25)6-3-17)7-8-20-21(27-32-22(15)20)9-4-16-10-12-28(13-11-16)24(30)31;1-3-2/h2-3,5-8,16H,4,9-14H2,1H3,(H,26,29)(H,30,31);3H,1-2H3. The van der Waals surface area contributed by atoms with Gasteiger partial charge in [-0.1, -0.05) is 17.3 Å². The van der Waals surface area contributed by atoms with E-state index in [-0.39, 0.29) is 11.7 Å². The van der Waals surface area contributed by atoms with E-state index in [0.29, 0.717) is 36.7 Å². The molecular weight excluding hydrogens is 451 g/mol. The Hall–Kier alpha value is -3.46. The molecular formula is C26H33FN4O4. The Bertz CT molecular complexity index is 1140. The van der Waals surface area contributed by atoms with Crippen molar-refractivity contribution in [3.05, 3.63) is 64.6 Å². The summed E-state index contributed by atoms with van der Waals surface area (Å²) in [5.41, 5.74) is 3.53. The SMILES string of the molecule is CNC.Cc1c(C(=O)NCc2ccc(F)cc2)ccc2c(CCC3CCN(C(=O)O)CC3)noc12. The first kappa shape index (κ1) is 26.2. The molecule has 1 fully saturated rings. The van der Waals surface area contributed by atoms with Crippen LogP contribution in [0.15, 0.2) is 40.9 Å². The van der Waals surface area contributed by atoms with Crippen molar-refractivity contribution in [1.82, 2.24) is 20.7 Å². The number of amides is 2. The van der Waals surface area contributed by atoms with E-state index in [2.05, 4.69) is 15.8 Å². The summed E-state index contributed by atoms with van der Waals surface area (Å²) in [7, 11) is 3.75. The molecule has 188 valence electrons. The van der Waals surface area contributed by atoms with Crippen LogP contribution in [0.25, 0.3) is 11.0 Å². The van der Waals surface area contributed by atoms with Crippen LogP contribution < -0.4 is 10.6 Å². The number of rotatable bonds is 6. The molecule has 2 amide bonds. The quantitative estimate of drug-likeness (QED) is 0.480. The molecule has 9 heteroatoms. The number of nitrogens with zero attached hydrogens (tertiary/aromatic N) is 2. The largest absolute Gasteiger partial charge is 0.465 e. The van der Waals surface area contributed by atoms with Crippen LogP contribution in [-0.4, -0.2) is 54.3 Å². The Morgan fingerprint density at radius 2 is 1.80 bits per heavy atom. The summed E-state index contributed by atoms with van der Waals surface area (Å²) < 4.78 is 18.6. The highest BCUT2D eigenvalue weighted by atomic mass is 19.1. The fourth-order valence-electron chi connectivity index (χ4n) is 4.25. The van der Waals surface area contributed by atoms with Gasteiger partial charge >= 0.3 is 6.09 Å². The van der Waals surface area contributed by atoms with Gasteiger partial charge in [-0.25, -0.2) is 9.18 Å². The predicted octanol–water partition coefficient (Wildman–Crippen LogP) is 4.36. The van der Waals surface area contributed by atoms with Gasteiger partial charge in [-0.3, -0.25) is 4.79 Å². The summed E-state index contributed by atoms with van der Waals surface area (Å²) >= 11 is 0. The Morgan fingerprint density at radius 1 is 1.14 bits per heavy atom. The normalized spacial score (nSPS) is 13.9. The van der Waals surface area contributed by atoms with E-state index in [1.807, 2.05) is 27.1 Å². The summed E-state index contributed by atoms with van der Waals surface area (Å²) in [4.78, 5) is 25.2. The summed E-state index contributed by atoms with van der Waals surface area (Å²) in [5, 5.41) is 19.8. The number of likely N-dealkylation sites (tertiary alicyclic amines) is 1. The van der Waals surface area contributed by atoms with E-state index in [9.17, 15) is 14.0 Å². The summed E-state index contributed by atoms with van der Waals surface area (Å²) in [6.07, 6.45) is 2.55. The van der Waals surface area contributed by atoms with E-state index in [0.717, 1.165) is 47.9 Å². The molecule has 0 aliphatic carbocycles. The average molecular weight is 485 g/mol. The monoisotopic (exact) mass is 484 g/mol. The van der Waals surface area contributed by atoms with E-state index < -0.39 is 6.09 Å². The van der Waals surface area contributed by atoms with Crippen molar-refractivity contribution in [3.8, 4) is 0 Å². The highest BCUT2D eigenvalue weighted by Crippen LogP contribution is 2.28. The lowest BCUT2D eigenvalue weighted by atomic mass is 9.91. The third kappa shape index (κ3) is 6.79. The molecule has 0 spiro atoms. The molecule has 0 unspecified atom stereocenters. The minimum Gasteiger partial charge on any atom is -0.465 e. The zero-order valence-corrected chi connectivity index (χ0v) is 20.4. The lowest BCUT2D eigenvalue weighted by Gasteiger charge is -2.29. The van der Waals surface area contributed by atoms with Crippen molar-refractivity contribution in [2.24, 2.45) is 5.92 Å². The number of nitrogens with one attached hydrogen (secondary N) is 2. The fraction of sp³-hybridized carbons (Fsp3) is 0.423. The number of hydrogen-bond acceptors (Lipinski definition) is 5. The Kier molecular flexibility index (Phi) is 9.19. The minimum absolute atomic E-state index is 0.225. The second kappa shape index (κ2) is 12.3. The molecule has 3 aromatic rings. The maximum absolute atomic E-state index is 13.0. The van der Waals surface area contributed by atoms with E-state index in [1.54, 1.807) is 18.2 Å². The lowest BCUT2D eigenvalue weighted by Crippen LogP contribution is -2.37. The molecule has 0 bridgehead atoms. The third-order valence-corrected chi connectivity index (χ3v) is 6.25. The molecule has 1 aliphatic heterocycles. The van der Waals surface area contributed by atoms with Crippen molar-refractivity contribution in [3.63, 3.8) is 0 Å². The summed E-state index contributed by atoms with van der Waals surface area (Å²) in [5.74, 6) is -0.0694. The van der Waals surface area contributed by atoms with Gasteiger partial charge in [0.1, 0.15) is 5.82 Å². The molecule has 1 saturated heterocycles. The van der Waals surface area contributed by atoms with Crippen LogP contribution in [0.4, 0.5) is 9.18 Å². The second-order valence-electron chi connectivity index (χ2n) is 8.80. The first-order valence-electron chi connectivity index (χ1n) is 11.8.